The van der Waals surface area contributed by atoms with Gasteiger partial charge in [-0.1, -0.05) is 0 Å². The van der Waals surface area contributed by atoms with E-state index in [1.165, 1.54) is 23.1 Å². The van der Waals surface area contributed by atoms with Crippen molar-refractivity contribution in [1.82, 2.24) is 4.90 Å². The molecule has 8 nitrogen and oxygen atoms in total. The van der Waals surface area contributed by atoms with Crippen molar-refractivity contribution >= 4 is 40.6 Å². The predicted molar refractivity (Wildman–Crippen MR) is 110 cm³/mol. The van der Waals surface area contributed by atoms with Crippen LogP contribution in [0.1, 0.15) is 15.9 Å². The number of amides is 1. The molecular weight excluding hydrogens is 396 g/mol. The number of aromatic hydroxyl groups is 1. The number of methoxy groups -OCH3 is 2. The second-order valence-electron chi connectivity index (χ2n) is 5.98. The molecule has 0 atom stereocenters. The summed E-state index contributed by atoms with van der Waals surface area (Å²) in [6, 6.07) is 9.23. The molecule has 0 aliphatic carbocycles. The van der Waals surface area contributed by atoms with Gasteiger partial charge in [0.05, 0.1) is 24.8 Å². The Morgan fingerprint density at radius 3 is 2.55 bits per heavy atom. The average molecular weight is 414 g/mol. The van der Waals surface area contributed by atoms with Crippen molar-refractivity contribution in [3.05, 3.63) is 52.4 Å². The molecule has 3 rings (SSSR count). The topological polar surface area (TPSA) is 109 Å². The Morgan fingerprint density at radius 1 is 1.17 bits per heavy atom. The van der Waals surface area contributed by atoms with Crippen LogP contribution in [0.5, 0.6) is 17.2 Å². The number of phenols is 1. The van der Waals surface area contributed by atoms with Crippen LogP contribution in [0.4, 0.5) is 5.69 Å². The van der Waals surface area contributed by atoms with Gasteiger partial charge in [0, 0.05) is 18.7 Å². The van der Waals surface area contributed by atoms with E-state index < -0.39 is 11.7 Å². The van der Waals surface area contributed by atoms with Gasteiger partial charge in [-0.15, -0.1) is 0 Å². The van der Waals surface area contributed by atoms with Gasteiger partial charge in [-0.2, -0.15) is 0 Å². The fraction of sp³-hybridized carbons (Fsp3) is 0.150. The Hall–Kier alpha value is -3.46. The molecule has 0 aromatic heterocycles. The number of carboxylic acids is 1. The van der Waals surface area contributed by atoms with Crippen molar-refractivity contribution in [3.63, 3.8) is 0 Å². The molecule has 1 aliphatic rings. The molecule has 0 unspecified atom stereocenters. The third-order valence-corrected chi connectivity index (χ3v) is 5.22. The number of carbonyl (C=O) groups is 2. The van der Waals surface area contributed by atoms with Crippen LogP contribution in [0.3, 0.4) is 0 Å². The summed E-state index contributed by atoms with van der Waals surface area (Å²) in [5.41, 5.74) is 0.791. The van der Waals surface area contributed by atoms with E-state index in [0.717, 1.165) is 11.8 Å². The van der Waals surface area contributed by atoms with Gasteiger partial charge in [0.25, 0.3) is 5.91 Å². The van der Waals surface area contributed by atoms with Crippen molar-refractivity contribution in [3.8, 4) is 17.2 Å². The minimum Gasteiger partial charge on any atom is -0.507 e. The molecular formula is C20H18N2O6S. The summed E-state index contributed by atoms with van der Waals surface area (Å²) in [5, 5.41) is 19.2. The number of benzene rings is 2. The summed E-state index contributed by atoms with van der Waals surface area (Å²) in [6.45, 7) is 0. The summed E-state index contributed by atoms with van der Waals surface area (Å²) >= 11 is 1.16. The van der Waals surface area contributed by atoms with E-state index in [4.69, 9.17) is 14.6 Å². The van der Waals surface area contributed by atoms with Gasteiger partial charge in [0.15, 0.2) is 5.17 Å². The van der Waals surface area contributed by atoms with Crippen LogP contribution in [0.2, 0.25) is 0 Å². The Kier molecular flexibility index (Phi) is 5.79. The molecule has 1 fully saturated rings. The number of hydrogen-bond donors (Lipinski definition) is 2. The molecule has 9 heteroatoms. The van der Waals surface area contributed by atoms with Crippen molar-refractivity contribution in [2.45, 2.75) is 0 Å². The van der Waals surface area contributed by atoms with E-state index in [0.29, 0.717) is 32.8 Å². The second-order valence-corrected chi connectivity index (χ2v) is 6.99. The number of aromatic carboxylic acids is 1. The molecule has 2 aromatic rings. The Balaban J connectivity index is 1.94. The van der Waals surface area contributed by atoms with Gasteiger partial charge in [0.1, 0.15) is 22.8 Å². The van der Waals surface area contributed by atoms with Crippen LogP contribution in [0, 0.1) is 0 Å². The number of rotatable bonds is 5. The number of amidine groups is 1. The Bertz CT molecular complexity index is 1050. The van der Waals surface area contributed by atoms with Gasteiger partial charge < -0.3 is 19.7 Å². The van der Waals surface area contributed by atoms with Crippen LogP contribution in [0.25, 0.3) is 6.08 Å². The molecule has 0 bridgehead atoms. The van der Waals surface area contributed by atoms with E-state index in [1.54, 1.807) is 45.5 Å². The first-order valence-electron chi connectivity index (χ1n) is 8.38. The van der Waals surface area contributed by atoms with Gasteiger partial charge in [-0.3, -0.25) is 9.69 Å². The predicted octanol–water partition coefficient (Wildman–Crippen LogP) is 3.34. The lowest BCUT2D eigenvalue weighted by Crippen LogP contribution is -2.23. The number of carboxylic acid groups (broad SMARTS) is 1. The van der Waals surface area contributed by atoms with Crippen LogP contribution in [0.15, 0.2) is 46.3 Å². The highest BCUT2D eigenvalue weighted by Crippen LogP contribution is 2.36. The van der Waals surface area contributed by atoms with Crippen molar-refractivity contribution in [2.24, 2.45) is 4.99 Å². The summed E-state index contributed by atoms with van der Waals surface area (Å²) < 4.78 is 10.6. The molecule has 0 spiro atoms. The monoisotopic (exact) mass is 414 g/mol. The Morgan fingerprint density at radius 2 is 1.93 bits per heavy atom. The van der Waals surface area contributed by atoms with E-state index in [9.17, 15) is 14.7 Å². The van der Waals surface area contributed by atoms with Gasteiger partial charge >= 0.3 is 5.97 Å². The zero-order valence-electron chi connectivity index (χ0n) is 15.9. The lowest BCUT2D eigenvalue weighted by atomic mass is 10.1. The lowest BCUT2D eigenvalue weighted by molar-refractivity contribution is -0.121. The van der Waals surface area contributed by atoms with Crippen LogP contribution in [-0.4, -0.2) is 53.4 Å². The van der Waals surface area contributed by atoms with E-state index >= 15 is 0 Å². The van der Waals surface area contributed by atoms with Crippen molar-refractivity contribution < 1.29 is 29.3 Å². The first-order valence-corrected chi connectivity index (χ1v) is 9.20. The highest BCUT2D eigenvalue weighted by Gasteiger charge is 2.30. The molecule has 2 aromatic carbocycles. The highest BCUT2D eigenvalue weighted by molar-refractivity contribution is 8.18. The number of carbonyl (C=O) groups excluding carboxylic acids is 1. The van der Waals surface area contributed by atoms with Gasteiger partial charge in [0.2, 0.25) is 0 Å². The van der Waals surface area contributed by atoms with E-state index in [1.807, 2.05) is 0 Å². The highest BCUT2D eigenvalue weighted by atomic mass is 32.2. The maximum atomic E-state index is 12.6. The zero-order chi connectivity index (χ0) is 21.1. The average Bonchev–Trinajstić information content (AvgIpc) is 2.95. The first kappa shape index (κ1) is 20.3. The standard InChI is InChI=1S/C20H18N2O6S/c1-22-18(24)17(9-11-8-13(27-2)5-7-16(11)28-3)29-20(22)21-12-4-6-14(19(25)26)15(23)10-12/h4-10,23H,1-3H3,(H,25,26)/b17-9-,21-20?. The third-order valence-electron chi connectivity index (χ3n) is 4.16. The van der Waals surface area contributed by atoms with E-state index in [2.05, 4.69) is 4.99 Å². The quantitative estimate of drug-likeness (QED) is 0.722. The van der Waals surface area contributed by atoms with Gasteiger partial charge in [-0.25, -0.2) is 9.79 Å². The Labute approximate surface area is 171 Å². The molecule has 2 N–H and O–H groups in total. The number of aliphatic imine (C=N–C) groups is 1. The maximum Gasteiger partial charge on any atom is 0.339 e. The van der Waals surface area contributed by atoms with Crippen LogP contribution >= 0.6 is 11.8 Å². The number of ether oxygens (including phenoxy) is 2. The molecule has 0 radical (unpaired) electrons. The SMILES string of the molecule is COc1ccc(OC)c(/C=C2\SC(=Nc3ccc(C(=O)O)c(O)c3)N(C)C2=O)c1. The summed E-state index contributed by atoms with van der Waals surface area (Å²) in [5.74, 6) is -0.654. The minimum absolute atomic E-state index is 0.219. The largest absolute Gasteiger partial charge is 0.507 e. The molecule has 1 amide bonds. The van der Waals surface area contributed by atoms with E-state index in [-0.39, 0.29) is 11.5 Å². The number of thioether (sulfide) groups is 1. The normalized spacial score (nSPS) is 16.5. The number of hydrogen-bond acceptors (Lipinski definition) is 7. The lowest BCUT2D eigenvalue weighted by Gasteiger charge is -2.08. The smallest absolute Gasteiger partial charge is 0.339 e. The first-order chi connectivity index (χ1) is 13.8. The number of nitrogens with zero attached hydrogens (tertiary/aromatic N) is 2. The number of likely N-dealkylation sites (N-methyl/N-ethyl adjacent to an activating group) is 1. The molecule has 0 saturated carbocycles. The van der Waals surface area contributed by atoms with Gasteiger partial charge in [-0.05, 0) is 48.2 Å². The van der Waals surface area contributed by atoms with Crippen molar-refractivity contribution in [2.75, 3.05) is 21.3 Å². The van der Waals surface area contributed by atoms with Crippen LogP contribution in [-0.2, 0) is 4.79 Å². The molecule has 1 aliphatic heterocycles. The molecule has 29 heavy (non-hydrogen) atoms. The molecule has 1 heterocycles. The minimum atomic E-state index is -1.23. The summed E-state index contributed by atoms with van der Waals surface area (Å²) in [4.78, 5) is 29.8. The fourth-order valence-electron chi connectivity index (χ4n) is 2.63. The zero-order valence-corrected chi connectivity index (χ0v) is 16.7. The summed E-state index contributed by atoms with van der Waals surface area (Å²) in [7, 11) is 4.68. The van der Waals surface area contributed by atoms with Crippen LogP contribution < -0.4 is 9.47 Å². The molecule has 1 saturated heterocycles. The van der Waals surface area contributed by atoms with Crippen molar-refractivity contribution in [1.29, 1.82) is 0 Å². The second kappa shape index (κ2) is 8.27. The maximum absolute atomic E-state index is 12.6. The molecule has 150 valence electrons. The fourth-order valence-corrected chi connectivity index (χ4v) is 3.60. The third kappa shape index (κ3) is 4.19. The summed E-state index contributed by atoms with van der Waals surface area (Å²) in [6.07, 6.45) is 1.69.